The van der Waals surface area contributed by atoms with Crippen LogP contribution in [-0.2, 0) is 0 Å². The number of nitrogens with one attached hydrogen (secondary N) is 3. The Morgan fingerprint density at radius 1 is 1.05 bits per heavy atom. The second-order valence-electron chi connectivity index (χ2n) is 5.08. The third kappa shape index (κ3) is 4.09. The molecule has 0 unspecified atom stereocenters. The minimum atomic E-state index is 0.667. The average Bonchev–Trinajstić information content (AvgIpc) is 2.55. The molecule has 2 aromatic rings. The molecule has 0 spiro atoms. The molecule has 0 atom stereocenters. The van der Waals surface area contributed by atoms with E-state index in [2.05, 4.69) is 35.9 Å². The van der Waals surface area contributed by atoms with Crippen molar-refractivity contribution in [1.82, 2.24) is 25.3 Å². The molecule has 0 amide bonds. The zero-order chi connectivity index (χ0) is 14.3. The number of hydrogen-bond donors (Lipinski definition) is 3. The van der Waals surface area contributed by atoms with Gasteiger partial charge in [0.15, 0.2) is 0 Å². The van der Waals surface area contributed by atoms with Gasteiger partial charge in [-0.25, -0.2) is 15.0 Å². The summed E-state index contributed by atoms with van der Waals surface area (Å²) in [5, 5.41) is 9.87. The van der Waals surface area contributed by atoms with Crippen molar-refractivity contribution in [3.05, 3.63) is 31.0 Å². The highest BCUT2D eigenvalue weighted by Gasteiger charge is 2.12. The summed E-state index contributed by atoms with van der Waals surface area (Å²) in [5.74, 6) is 2.91. The Hall–Kier alpha value is -2.28. The Morgan fingerprint density at radius 2 is 1.90 bits per heavy atom. The van der Waals surface area contributed by atoms with Crippen molar-refractivity contribution < 1.29 is 0 Å². The van der Waals surface area contributed by atoms with Crippen LogP contribution in [0.1, 0.15) is 12.8 Å². The molecule has 7 nitrogen and oxygen atoms in total. The maximum Gasteiger partial charge on any atom is 0.150 e. The Morgan fingerprint density at radius 3 is 2.71 bits per heavy atom. The van der Waals surface area contributed by atoms with E-state index in [-0.39, 0.29) is 0 Å². The Balaban J connectivity index is 1.57. The van der Waals surface area contributed by atoms with E-state index in [9.17, 15) is 0 Å². The van der Waals surface area contributed by atoms with Crippen LogP contribution >= 0.6 is 0 Å². The molecule has 0 bridgehead atoms. The van der Waals surface area contributed by atoms with Gasteiger partial charge in [-0.15, -0.1) is 0 Å². The van der Waals surface area contributed by atoms with Gasteiger partial charge >= 0.3 is 0 Å². The fraction of sp³-hybridized carbons (Fsp3) is 0.429. The van der Waals surface area contributed by atoms with E-state index in [0.29, 0.717) is 17.6 Å². The van der Waals surface area contributed by atoms with E-state index >= 15 is 0 Å². The van der Waals surface area contributed by atoms with Crippen LogP contribution in [0.2, 0.25) is 0 Å². The van der Waals surface area contributed by atoms with Gasteiger partial charge in [-0.2, -0.15) is 0 Å². The molecule has 0 aliphatic carbocycles. The highest BCUT2D eigenvalue weighted by molar-refractivity contribution is 5.54. The lowest BCUT2D eigenvalue weighted by atomic mass is 9.98. The van der Waals surface area contributed by atoms with Gasteiger partial charge in [0, 0.05) is 25.0 Å². The number of piperidine rings is 1. The summed E-state index contributed by atoms with van der Waals surface area (Å²) in [6, 6.07) is 1.88. The first kappa shape index (κ1) is 13.7. The largest absolute Gasteiger partial charge is 0.370 e. The lowest BCUT2D eigenvalue weighted by Crippen LogP contribution is -2.31. The van der Waals surface area contributed by atoms with Crippen LogP contribution < -0.4 is 16.0 Å². The molecule has 0 saturated carbocycles. The van der Waals surface area contributed by atoms with Crippen LogP contribution in [-0.4, -0.2) is 39.6 Å². The van der Waals surface area contributed by atoms with Crippen LogP contribution in [0.3, 0.4) is 0 Å². The summed E-state index contributed by atoms with van der Waals surface area (Å²) in [5.41, 5.74) is 0. The van der Waals surface area contributed by atoms with Crippen molar-refractivity contribution in [2.45, 2.75) is 12.8 Å². The molecule has 1 fully saturated rings. The first-order chi connectivity index (χ1) is 10.4. The molecule has 1 aliphatic rings. The fourth-order valence-electron chi connectivity index (χ4n) is 2.35. The number of aromatic nitrogens is 4. The smallest absolute Gasteiger partial charge is 0.150 e. The lowest BCUT2D eigenvalue weighted by Gasteiger charge is -2.22. The Bertz CT molecular complexity index is 554. The van der Waals surface area contributed by atoms with Crippen LogP contribution in [0.15, 0.2) is 31.0 Å². The molecule has 3 heterocycles. The predicted molar refractivity (Wildman–Crippen MR) is 81.4 cm³/mol. The number of anilines is 3. The maximum absolute atomic E-state index is 4.25. The van der Waals surface area contributed by atoms with E-state index in [4.69, 9.17) is 0 Å². The molecule has 3 rings (SSSR count). The molecular weight excluding hydrogens is 266 g/mol. The summed E-state index contributed by atoms with van der Waals surface area (Å²) in [6.45, 7) is 3.16. The van der Waals surface area contributed by atoms with Crippen molar-refractivity contribution in [1.29, 1.82) is 0 Å². The first-order valence-electron chi connectivity index (χ1n) is 7.20. The number of hydrogen-bond acceptors (Lipinski definition) is 7. The van der Waals surface area contributed by atoms with Crippen molar-refractivity contribution in [2.24, 2.45) is 5.92 Å². The third-order valence-electron chi connectivity index (χ3n) is 3.52. The van der Waals surface area contributed by atoms with Gasteiger partial charge in [-0.3, -0.25) is 4.98 Å². The third-order valence-corrected chi connectivity index (χ3v) is 3.52. The van der Waals surface area contributed by atoms with E-state index in [0.717, 1.165) is 25.5 Å². The summed E-state index contributed by atoms with van der Waals surface area (Å²) >= 11 is 0. The van der Waals surface area contributed by atoms with E-state index in [1.165, 1.54) is 12.8 Å². The second kappa shape index (κ2) is 6.94. The molecule has 3 N–H and O–H groups in total. The SMILES string of the molecule is c1cnc(Nc2cc(NCC3CCNCC3)ncn2)cn1. The maximum atomic E-state index is 4.25. The van der Waals surface area contributed by atoms with Gasteiger partial charge in [-0.05, 0) is 31.8 Å². The zero-order valence-electron chi connectivity index (χ0n) is 11.8. The van der Waals surface area contributed by atoms with E-state index < -0.39 is 0 Å². The van der Waals surface area contributed by atoms with Gasteiger partial charge in [0.05, 0.1) is 6.20 Å². The highest BCUT2D eigenvalue weighted by atomic mass is 15.1. The molecular formula is C14H19N7. The number of nitrogens with zero attached hydrogens (tertiary/aromatic N) is 4. The van der Waals surface area contributed by atoms with Crippen LogP contribution in [0.5, 0.6) is 0 Å². The molecule has 1 aliphatic heterocycles. The molecule has 1 saturated heterocycles. The quantitative estimate of drug-likeness (QED) is 0.765. The molecule has 110 valence electrons. The number of rotatable bonds is 5. The van der Waals surface area contributed by atoms with Crippen molar-refractivity contribution in [3.8, 4) is 0 Å². The van der Waals surface area contributed by atoms with Crippen LogP contribution in [0.4, 0.5) is 17.5 Å². The van der Waals surface area contributed by atoms with E-state index in [1.807, 2.05) is 6.07 Å². The summed E-state index contributed by atoms with van der Waals surface area (Å²) in [4.78, 5) is 16.6. The monoisotopic (exact) mass is 285 g/mol. The fourth-order valence-corrected chi connectivity index (χ4v) is 2.35. The normalized spacial score (nSPS) is 15.6. The molecule has 0 radical (unpaired) electrons. The minimum absolute atomic E-state index is 0.667. The van der Waals surface area contributed by atoms with Gasteiger partial charge < -0.3 is 16.0 Å². The van der Waals surface area contributed by atoms with E-state index in [1.54, 1.807) is 24.9 Å². The molecule has 21 heavy (non-hydrogen) atoms. The average molecular weight is 285 g/mol. The van der Waals surface area contributed by atoms with Gasteiger partial charge in [0.25, 0.3) is 0 Å². The molecule has 0 aromatic carbocycles. The lowest BCUT2D eigenvalue weighted by molar-refractivity contribution is 0.389. The van der Waals surface area contributed by atoms with Crippen molar-refractivity contribution in [2.75, 3.05) is 30.3 Å². The van der Waals surface area contributed by atoms with Gasteiger partial charge in [0.1, 0.15) is 23.8 Å². The first-order valence-corrected chi connectivity index (χ1v) is 7.20. The van der Waals surface area contributed by atoms with Crippen molar-refractivity contribution in [3.63, 3.8) is 0 Å². The standard InChI is InChI=1S/C14H19N7/c1-3-15-4-2-11(1)8-18-12-7-13(20-10-19-12)21-14-9-16-5-6-17-14/h5-7,9-11,15H,1-4,8H2,(H2,17,18,19,20,21). The molecule has 2 aromatic heterocycles. The van der Waals surface area contributed by atoms with Crippen LogP contribution in [0, 0.1) is 5.92 Å². The van der Waals surface area contributed by atoms with Crippen molar-refractivity contribution >= 4 is 17.5 Å². The predicted octanol–water partition coefficient (Wildman–Crippen LogP) is 1.42. The zero-order valence-corrected chi connectivity index (χ0v) is 11.8. The second-order valence-corrected chi connectivity index (χ2v) is 5.08. The summed E-state index contributed by atoms with van der Waals surface area (Å²) < 4.78 is 0. The van der Waals surface area contributed by atoms with Gasteiger partial charge in [0.2, 0.25) is 0 Å². The minimum Gasteiger partial charge on any atom is -0.370 e. The highest BCUT2D eigenvalue weighted by Crippen LogP contribution is 2.16. The van der Waals surface area contributed by atoms with Gasteiger partial charge in [-0.1, -0.05) is 0 Å². The Kier molecular flexibility index (Phi) is 4.52. The van der Waals surface area contributed by atoms with Crippen LogP contribution in [0.25, 0.3) is 0 Å². The molecule has 7 heteroatoms. The Labute approximate surface area is 123 Å². The topological polar surface area (TPSA) is 87.7 Å². The summed E-state index contributed by atoms with van der Waals surface area (Å²) in [6.07, 6.45) is 8.90. The summed E-state index contributed by atoms with van der Waals surface area (Å²) in [7, 11) is 0.